The highest BCUT2D eigenvalue weighted by Gasteiger charge is 2.14. The monoisotopic (exact) mass is 250 g/mol. The first-order chi connectivity index (χ1) is 8.29. The minimum atomic E-state index is -0.0231. The van der Waals surface area contributed by atoms with Crippen molar-refractivity contribution in [1.29, 1.82) is 0 Å². The van der Waals surface area contributed by atoms with Crippen LogP contribution < -0.4 is 5.32 Å². The van der Waals surface area contributed by atoms with Crippen LogP contribution >= 0.6 is 11.3 Å². The number of nitrogens with zero attached hydrogens (tertiary/aromatic N) is 3. The maximum Gasteiger partial charge on any atom is 0.240 e. The lowest BCUT2D eigenvalue weighted by Gasteiger charge is -2.14. The van der Waals surface area contributed by atoms with Crippen LogP contribution in [-0.4, -0.2) is 20.4 Å². The third-order valence-corrected chi connectivity index (χ3v) is 3.27. The van der Waals surface area contributed by atoms with Crippen molar-refractivity contribution in [1.82, 2.24) is 19.9 Å². The number of rotatable bonds is 5. The second kappa shape index (κ2) is 5.58. The SMILES string of the molecule is CC[C@H](NC(=O)Cn1ccnc1)c1nccs1. The Morgan fingerprint density at radius 3 is 3.06 bits per heavy atom. The zero-order chi connectivity index (χ0) is 12.1. The lowest BCUT2D eigenvalue weighted by molar-refractivity contribution is -0.122. The Morgan fingerprint density at radius 2 is 2.47 bits per heavy atom. The molecule has 17 heavy (non-hydrogen) atoms. The maximum atomic E-state index is 11.8. The molecule has 0 fully saturated rings. The number of carbonyl (C=O) groups is 1. The van der Waals surface area contributed by atoms with E-state index in [-0.39, 0.29) is 11.9 Å². The van der Waals surface area contributed by atoms with Crippen LogP contribution in [0.2, 0.25) is 0 Å². The fourth-order valence-electron chi connectivity index (χ4n) is 1.53. The molecule has 0 aliphatic rings. The number of carbonyl (C=O) groups excluding carboxylic acids is 1. The summed E-state index contributed by atoms with van der Waals surface area (Å²) in [5.74, 6) is -0.0231. The van der Waals surface area contributed by atoms with Crippen molar-refractivity contribution in [3.05, 3.63) is 35.3 Å². The second-order valence-corrected chi connectivity index (χ2v) is 4.56. The molecular formula is C11H14N4OS. The van der Waals surface area contributed by atoms with E-state index in [4.69, 9.17) is 0 Å². The van der Waals surface area contributed by atoms with Gasteiger partial charge in [-0.15, -0.1) is 11.3 Å². The number of nitrogens with one attached hydrogen (secondary N) is 1. The molecule has 2 heterocycles. The molecule has 2 aromatic heterocycles. The molecule has 6 heteroatoms. The first-order valence-electron chi connectivity index (χ1n) is 5.44. The van der Waals surface area contributed by atoms with Gasteiger partial charge in [-0.05, 0) is 6.42 Å². The minimum Gasteiger partial charge on any atom is -0.345 e. The summed E-state index contributed by atoms with van der Waals surface area (Å²) < 4.78 is 1.74. The average Bonchev–Trinajstić information content (AvgIpc) is 2.97. The van der Waals surface area contributed by atoms with Crippen LogP contribution in [0.4, 0.5) is 0 Å². The molecule has 0 aliphatic heterocycles. The Hall–Kier alpha value is -1.69. The highest BCUT2D eigenvalue weighted by atomic mass is 32.1. The van der Waals surface area contributed by atoms with Gasteiger partial charge in [0.2, 0.25) is 5.91 Å². The average molecular weight is 250 g/mol. The number of imidazole rings is 1. The van der Waals surface area contributed by atoms with Gasteiger partial charge in [0.25, 0.3) is 0 Å². The fraction of sp³-hybridized carbons (Fsp3) is 0.364. The molecule has 0 aromatic carbocycles. The molecule has 0 saturated heterocycles. The predicted octanol–water partition coefficient (Wildman–Crippen LogP) is 1.61. The van der Waals surface area contributed by atoms with Crippen molar-refractivity contribution in [3.63, 3.8) is 0 Å². The molecule has 1 atom stereocenters. The first-order valence-corrected chi connectivity index (χ1v) is 6.32. The molecule has 0 spiro atoms. The van der Waals surface area contributed by atoms with Gasteiger partial charge < -0.3 is 9.88 Å². The first kappa shape index (κ1) is 11.8. The molecule has 0 aliphatic carbocycles. The van der Waals surface area contributed by atoms with Gasteiger partial charge in [0.1, 0.15) is 11.6 Å². The summed E-state index contributed by atoms with van der Waals surface area (Å²) in [4.78, 5) is 19.9. The molecule has 0 saturated carbocycles. The molecule has 2 rings (SSSR count). The van der Waals surface area contributed by atoms with E-state index in [1.54, 1.807) is 40.8 Å². The van der Waals surface area contributed by atoms with Gasteiger partial charge in [0, 0.05) is 24.0 Å². The zero-order valence-corrected chi connectivity index (χ0v) is 10.4. The van der Waals surface area contributed by atoms with Gasteiger partial charge in [-0.25, -0.2) is 9.97 Å². The summed E-state index contributed by atoms with van der Waals surface area (Å²) >= 11 is 1.56. The van der Waals surface area contributed by atoms with E-state index in [0.29, 0.717) is 6.54 Å². The Kier molecular flexibility index (Phi) is 3.87. The predicted molar refractivity (Wildman–Crippen MR) is 65.5 cm³/mol. The molecule has 0 radical (unpaired) electrons. The van der Waals surface area contributed by atoms with Crippen molar-refractivity contribution in [2.45, 2.75) is 25.9 Å². The van der Waals surface area contributed by atoms with Gasteiger partial charge in [0.05, 0.1) is 12.4 Å². The normalized spacial score (nSPS) is 12.3. The second-order valence-electron chi connectivity index (χ2n) is 3.63. The van der Waals surface area contributed by atoms with E-state index < -0.39 is 0 Å². The van der Waals surface area contributed by atoms with Gasteiger partial charge in [0.15, 0.2) is 0 Å². The number of amides is 1. The molecule has 0 unspecified atom stereocenters. The molecule has 5 nitrogen and oxygen atoms in total. The third kappa shape index (κ3) is 3.13. The smallest absolute Gasteiger partial charge is 0.240 e. The van der Waals surface area contributed by atoms with Crippen molar-refractivity contribution in [3.8, 4) is 0 Å². The standard InChI is InChI=1S/C11H14N4OS/c1-2-9(11-13-4-6-17-11)14-10(16)7-15-5-3-12-8-15/h3-6,8-9H,2,7H2,1H3,(H,14,16)/t9-/m0/s1. The van der Waals surface area contributed by atoms with E-state index in [0.717, 1.165) is 11.4 Å². The summed E-state index contributed by atoms with van der Waals surface area (Å²) in [7, 11) is 0. The van der Waals surface area contributed by atoms with Crippen molar-refractivity contribution < 1.29 is 4.79 Å². The lowest BCUT2D eigenvalue weighted by Crippen LogP contribution is -2.30. The van der Waals surface area contributed by atoms with E-state index in [2.05, 4.69) is 15.3 Å². The molecule has 0 bridgehead atoms. The number of hydrogen-bond donors (Lipinski definition) is 1. The van der Waals surface area contributed by atoms with E-state index in [1.165, 1.54) is 0 Å². The summed E-state index contributed by atoms with van der Waals surface area (Å²) in [5.41, 5.74) is 0. The highest BCUT2D eigenvalue weighted by molar-refractivity contribution is 7.09. The zero-order valence-electron chi connectivity index (χ0n) is 9.54. The molecule has 90 valence electrons. The Labute approximate surface area is 104 Å². The maximum absolute atomic E-state index is 11.8. The van der Waals surface area contributed by atoms with E-state index >= 15 is 0 Å². The largest absolute Gasteiger partial charge is 0.345 e. The van der Waals surface area contributed by atoms with Gasteiger partial charge in [-0.1, -0.05) is 6.92 Å². The highest BCUT2D eigenvalue weighted by Crippen LogP contribution is 2.18. The third-order valence-electron chi connectivity index (χ3n) is 2.38. The Balaban J connectivity index is 1.93. The molecular weight excluding hydrogens is 236 g/mol. The van der Waals surface area contributed by atoms with Crippen molar-refractivity contribution in [2.24, 2.45) is 0 Å². The van der Waals surface area contributed by atoms with Gasteiger partial charge in [-0.3, -0.25) is 4.79 Å². The summed E-state index contributed by atoms with van der Waals surface area (Å²) in [6.45, 7) is 2.32. The van der Waals surface area contributed by atoms with Crippen LogP contribution in [-0.2, 0) is 11.3 Å². The number of hydrogen-bond acceptors (Lipinski definition) is 4. The van der Waals surface area contributed by atoms with Gasteiger partial charge in [-0.2, -0.15) is 0 Å². The van der Waals surface area contributed by atoms with Crippen molar-refractivity contribution >= 4 is 17.2 Å². The number of thiazole rings is 1. The van der Waals surface area contributed by atoms with Crippen LogP contribution in [0.25, 0.3) is 0 Å². The Bertz CT molecular complexity index is 452. The van der Waals surface area contributed by atoms with Gasteiger partial charge >= 0.3 is 0 Å². The molecule has 2 aromatic rings. The van der Waals surface area contributed by atoms with Crippen molar-refractivity contribution in [2.75, 3.05) is 0 Å². The van der Waals surface area contributed by atoms with Crippen LogP contribution in [0.3, 0.4) is 0 Å². The lowest BCUT2D eigenvalue weighted by atomic mass is 10.2. The summed E-state index contributed by atoms with van der Waals surface area (Å²) in [6.07, 6.45) is 7.65. The summed E-state index contributed by atoms with van der Waals surface area (Å²) in [6, 6.07) is 0.00558. The van der Waals surface area contributed by atoms with Crippen LogP contribution in [0.1, 0.15) is 24.4 Å². The number of aromatic nitrogens is 3. The molecule has 1 N–H and O–H groups in total. The quantitative estimate of drug-likeness (QED) is 0.877. The van der Waals surface area contributed by atoms with Crippen LogP contribution in [0.15, 0.2) is 30.3 Å². The molecule has 1 amide bonds. The summed E-state index contributed by atoms with van der Waals surface area (Å²) in [5, 5.41) is 5.83. The van der Waals surface area contributed by atoms with E-state index in [1.807, 2.05) is 12.3 Å². The van der Waals surface area contributed by atoms with Crippen LogP contribution in [0.5, 0.6) is 0 Å². The topological polar surface area (TPSA) is 59.8 Å². The van der Waals surface area contributed by atoms with E-state index in [9.17, 15) is 4.79 Å². The Morgan fingerprint density at radius 1 is 1.59 bits per heavy atom. The minimum absolute atomic E-state index is 0.00558. The fourth-order valence-corrected chi connectivity index (χ4v) is 2.30. The van der Waals surface area contributed by atoms with Crippen LogP contribution in [0, 0.1) is 0 Å².